The summed E-state index contributed by atoms with van der Waals surface area (Å²) in [6.45, 7) is 5.72. The molecule has 0 spiro atoms. The van der Waals surface area contributed by atoms with E-state index in [2.05, 4.69) is 11.6 Å². The average Bonchev–Trinajstić information content (AvgIpc) is 2.33. The zero-order valence-electron chi connectivity index (χ0n) is 9.07. The summed E-state index contributed by atoms with van der Waals surface area (Å²) in [4.78, 5) is 4.52. The largest absolute Gasteiger partial charge is 0.248 e. The molecule has 1 aromatic heterocycles. The fourth-order valence-corrected chi connectivity index (χ4v) is 2.00. The summed E-state index contributed by atoms with van der Waals surface area (Å²) in [5, 5.41) is 1.71. The highest BCUT2D eigenvalue weighted by Crippen LogP contribution is 2.29. The van der Waals surface area contributed by atoms with Crippen LogP contribution in [0.25, 0.3) is 23.1 Å². The van der Waals surface area contributed by atoms with Crippen LogP contribution < -0.4 is 0 Å². The monoisotopic (exact) mass is 229 g/mol. The summed E-state index contributed by atoms with van der Waals surface area (Å²) in [6.07, 6.45) is 5.64. The predicted molar refractivity (Wildman–Crippen MR) is 71.6 cm³/mol. The molecular formula is C14H12ClN. The molecule has 80 valence electrons. The normalized spacial score (nSPS) is 11.1. The molecule has 1 nitrogen and oxygen atoms in total. The molecule has 16 heavy (non-hydrogen) atoms. The first-order valence-electron chi connectivity index (χ1n) is 5.11. The molecule has 2 rings (SSSR count). The van der Waals surface area contributed by atoms with Crippen LogP contribution in [0, 0.1) is 0 Å². The van der Waals surface area contributed by atoms with Gasteiger partial charge in [0.15, 0.2) is 0 Å². The van der Waals surface area contributed by atoms with E-state index in [4.69, 9.17) is 11.6 Å². The van der Waals surface area contributed by atoms with Gasteiger partial charge in [0.05, 0.1) is 16.2 Å². The maximum atomic E-state index is 6.37. The molecule has 0 fully saturated rings. The Hall–Kier alpha value is -1.60. The van der Waals surface area contributed by atoms with E-state index < -0.39 is 0 Å². The molecule has 0 bridgehead atoms. The highest BCUT2D eigenvalue weighted by Gasteiger charge is 2.08. The number of allylic oxidation sites excluding steroid dienone is 1. The molecular weight excluding hydrogens is 218 g/mol. The van der Waals surface area contributed by atoms with Gasteiger partial charge in [-0.05, 0) is 19.1 Å². The minimum absolute atomic E-state index is 0.735. The van der Waals surface area contributed by atoms with Gasteiger partial charge in [-0.25, -0.2) is 4.98 Å². The van der Waals surface area contributed by atoms with Crippen LogP contribution in [-0.4, -0.2) is 4.98 Å². The molecule has 0 radical (unpaired) electrons. The third kappa shape index (κ3) is 1.74. The van der Waals surface area contributed by atoms with Gasteiger partial charge < -0.3 is 0 Å². The summed E-state index contributed by atoms with van der Waals surface area (Å²) in [5.74, 6) is 0. The Morgan fingerprint density at radius 3 is 2.75 bits per heavy atom. The van der Waals surface area contributed by atoms with Crippen molar-refractivity contribution in [1.82, 2.24) is 4.98 Å². The Balaban J connectivity index is 2.87. The van der Waals surface area contributed by atoms with Crippen LogP contribution in [0.15, 0.2) is 36.9 Å². The lowest BCUT2D eigenvalue weighted by atomic mass is 10.1. The van der Waals surface area contributed by atoms with E-state index in [9.17, 15) is 0 Å². The van der Waals surface area contributed by atoms with Crippen LogP contribution in [0.5, 0.6) is 0 Å². The van der Waals surface area contributed by atoms with Gasteiger partial charge >= 0.3 is 0 Å². The minimum Gasteiger partial charge on any atom is -0.248 e. The fourth-order valence-electron chi connectivity index (χ4n) is 1.69. The maximum absolute atomic E-state index is 6.37. The van der Waals surface area contributed by atoms with E-state index in [0.29, 0.717) is 0 Å². The molecule has 0 amide bonds. The number of pyridine rings is 1. The average molecular weight is 230 g/mol. The second-order valence-corrected chi connectivity index (χ2v) is 3.82. The number of hydrogen-bond acceptors (Lipinski definition) is 1. The number of aromatic nitrogens is 1. The van der Waals surface area contributed by atoms with E-state index in [0.717, 1.165) is 27.2 Å². The Morgan fingerprint density at radius 1 is 1.31 bits per heavy atom. The van der Waals surface area contributed by atoms with Crippen LogP contribution >= 0.6 is 11.6 Å². The number of para-hydroxylation sites is 1. The van der Waals surface area contributed by atoms with Crippen molar-refractivity contribution in [1.29, 1.82) is 0 Å². The number of nitrogens with zero attached hydrogens (tertiary/aromatic N) is 1. The standard InChI is InChI=1S/C14H12ClN/c1-3-7-10-12(4-2)16-13-9-6-5-8-11(13)14(10)15/h3-9H,2H2,1H3/b7-3-. The molecule has 2 aromatic rings. The molecule has 0 N–H and O–H groups in total. The van der Waals surface area contributed by atoms with Crippen molar-refractivity contribution < 1.29 is 0 Å². The number of rotatable bonds is 2. The van der Waals surface area contributed by atoms with Gasteiger partial charge in [0.1, 0.15) is 0 Å². The van der Waals surface area contributed by atoms with E-state index in [1.165, 1.54) is 0 Å². The molecule has 0 aliphatic heterocycles. The topological polar surface area (TPSA) is 12.9 Å². The molecule has 0 aliphatic rings. The SMILES string of the molecule is C=Cc1nc2ccccc2c(Cl)c1/C=C\C. The third-order valence-electron chi connectivity index (χ3n) is 2.42. The lowest BCUT2D eigenvalue weighted by molar-refractivity contribution is 1.36. The Bertz CT molecular complexity index is 570. The van der Waals surface area contributed by atoms with Gasteiger partial charge in [-0.2, -0.15) is 0 Å². The molecule has 0 aliphatic carbocycles. The maximum Gasteiger partial charge on any atom is 0.0724 e. The van der Waals surface area contributed by atoms with Crippen molar-refractivity contribution >= 4 is 34.7 Å². The molecule has 0 saturated heterocycles. The number of benzene rings is 1. The van der Waals surface area contributed by atoms with Crippen LogP contribution in [-0.2, 0) is 0 Å². The van der Waals surface area contributed by atoms with Crippen molar-refractivity contribution in [2.75, 3.05) is 0 Å². The molecule has 1 heterocycles. The Morgan fingerprint density at radius 2 is 2.06 bits per heavy atom. The number of hydrogen-bond donors (Lipinski definition) is 0. The molecule has 0 unspecified atom stereocenters. The van der Waals surface area contributed by atoms with Crippen LogP contribution in [0.2, 0.25) is 5.02 Å². The van der Waals surface area contributed by atoms with Gasteiger partial charge in [0.2, 0.25) is 0 Å². The first-order valence-corrected chi connectivity index (χ1v) is 5.49. The zero-order chi connectivity index (χ0) is 11.5. The van der Waals surface area contributed by atoms with E-state index in [1.54, 1.807) is 6.08 Å². The Kier molecular flexibility index (Phi) is 3.07. The second-order valence-electron chi connectivity index (χ2n) is 3.45. The van der Waals surface area contributed by atoms with Crippen molar-refractivity contribution in [2.24, 2.45) is 0 Å². The zero-order valence-corrected chi connectivity index (χ0v) is 9.83. The molecule has 1 aromatic carbocycles. The first kappa shape index (κ1) is 10.9. The predicted octanol–water partition coefficient (Wildman–Crippen LogP) is 4.56. The molecule has 0 atom stereocenters. The first-order chi connectivity index (χ1) is 7.77. The van der Waals surface area contributed by atoms with Gasteiger partial charge in [0.25, 0.3) is 0 Å². The molecule has 2 heteroatoms. The van der Waals surface area contributed by atoms with Crippen LogP contribution in [0.4, 0.5) is 0 Å². The third-order valence-corrected chi connectivity index (χ3v) is 2.83. The van der Waals surface area contributed by atoms with Gasteiger partial charge in [-0.15, -0.1) is 0 Å². The fraction of sp³-hybridized carbons (Fsp3) is 0.0714. The Labute approximate surface area is 100 Å². The van der Waals surface area contributed by atoms with Crippen molar-refractivity contribution in [3.8, 4) is 0 Å². The second kappa shape index (κ2) is 4.50. The summed E-state index contributed by atoms with van der Waals surface area (Å²) in [5.41, 5.74) is 2.65. The van der Waals surface area contributed by atoms with Gasteiger partial charge in [-0.3, -0.25) is 0 Å². The van der Waals surface area contributed by atoms with Crippen molar-refractivity contribution in [3.63, 3.8) is 0 Å². The quantitative estimate of drug-likeness (QED) is 0.736. The summed E-state index contributed by atoms with van der Waals surface area (Å²) >= 11 is 6.37. The van der Waals surface area contributed by atoms with Crippen LogP contribution in [0.1, 0.15) is 18.2 Å². The highest BCUT2D eigenvalue weighted by molar-refractivity contribution is 6.37. The number of fused-ring (bicyclic) bond motifs is 1. The lowest BCUT2D eigenvalue weighted by Crippen LogP contribution is -1.90. The highest BCUT2D eigenvalue weighted by atomic mass is 35.5. The summed E-state index contributed by atoms with van der Waals surface area (Å²) < 4.78 is 0. The lowest BCUT2D eigenvalue weighted by Gasteiger charge is -2.07. The van der Waals surface area contributed by atoms with Gasteiger partial charge in [0, 0.05) is 10.9 Å². The van der Waals surface area contributed by atoms with E-state index >= 15 is 0 Å². The van der Waals surface area contributed by atoms with Crippen LogP contribution in [0.3, 0.4) is 0 Å². The van der Waals surface area contributed by atoms with Crippen molar-refractivity contribution in [3.05, 3.63) is 53.2 Å². The van der Waals surface area contributed by atoms with E-state index in [1.807, 2.05) is 43.3 Å². The summed E-state index contributed by atoms with van der Waals surface area (Å²) in [6, 6.07) is 7.84. The summed E-state index contributed by atoms with van der Waals surface area (Å²) in [7, 11) is 0. The number of halogens is 1. The molecule has 0 saturated carbocycles. The van der Waals surface area contributed by atoms with Crippen molar-refractivity contribution in [2.45, 2.75) is 6.92 Å². The smallest absolute Gasteiger partial charge is 0.0724 e. The van der Waals surface area contributed by atoms with E-state index in [-0.39, 0.29) is 0 Å². The van der Waals surface area contributed by atoms with Gasteiger partial charge in [-0.1, -0.05) is 48.5 Å². The minimum atomic E-state index is 0.735.